The van der Waals surface area contributed by atoms with E-state index in [4.69, 9.17) is 5.73 Å². The molecule has 74 valence electrons. The van der Waals surface area contributed by atoms with Gasteiger partial charge in [0.2, 0.25) is 5.91 Å². The molecule has 0 aromatic heterocycles. The highest BCUT2D eigenvalue weighted by molar-refractivity contribution is 5.84. The molecule has 0 atom stereocenters. The van der Waals surface area contributed by atoms with Gasteiger partial charge in [-0.3, -0.25) is 4.79 Å². The zero-order valence-corrected chi connectivity index (χ0v) is 8.21. The lowest BCUT2D eigenvalue weighted by Gasteiger charge is -2.10. The van der Waals surface area contributed by atoms with Gasteiger partial charge in [-0.15, -0.1) is 0 Å². The van der Waals surface area contributed by atoms with Gasteiger partial charge in [0.25, 0.3) is 0 Å². The number of carbonyl (C=O) groups is 1. The Labute approximate surface area is 83.6 Å². The molecule has 14 heavy (non-hydrogen) atoms. The van der Waals surface area contributed by atoms with E-state index in [1.807, 2.05) is 24.3 Å². The minimum Gasteiger partial charge on any atom is -0.326 e. The van der Waals surface area contributed by atoms with Gasteiger partial charge in [-0.2, -0.15) is 0 Å². The molecule has 1 amide bonds. The Morgan fingerprint density at radius 1 is 1.50 bits per heavy atom. The molecule has 0 spiro atoms. The topological polar surface area (TPSA) is 55.1 Å². The lowest BCUT2D eigenvalue weighted by Crippen LogP contribution is -2.18. The summed E-state index contributed by atoms with van der Waals surface area (Å²) in [6.45, 7) is 5.68. The highest BCUT2D eigenvalue weighted by atomic mass is 16.1. The van der Waals surface area contributed by atoms with E-state index in [-0.39, 0.29) is 5.91 Å². The monoisotopic (exact) mass is 190 g/mol. The zero-order chi connectivity index (χ0) is 10.6. The molecule has 0 saturated heterocycles. The number of hydrogen-bond acceptors (Lipinski definition) is 2. The van der Waals surface area contributed by atoms with Crippen LogP contribution in [0.4, 0.5) is 0 Å². The molecule has 0 unspecified atom stereocenters. The van der Waals surface area contributed by atoms with E-state index in [0.717, 1.165) is 11.1 Å². The number of benzene rings is 1. The van der Waals surface area contributed by atoms with Gasteiger partial charge in [-0.25, -0.2) is 0 Å². The third kappa shape index (κ3) is 2.44. The molecule has 0 bridgehead atoms. The van der Waals surface area contributed by atoms with E-state index in [1.54, 1.807) is 0 Å². The first kappa shape index (κ1) is 10.5. The third-order valence-electron chi connectivity index (χ3n) is 1.89. The van der Waals surface area contributed by atoms with Gasteiger partial charge in [0, 0.05) is 24.7 Å². The number of hydrogen-bond donors (Lipinski definition) is 2. The maximum Gasteiger partial charge on any atom is 0.221 e. The number of nitrogens with one attached hydrogen (secondary N) is 1. The van der Waals surface area contributed by atoms with Gasteiger partial charge >= 0.3 is 0 Å². The van der Waals surface area contributed by atoms with Crippen molar-refractivity contribution in [2.45, 2.75) is 13.5 Å². The average molecular weight is 190 g/mol. The first-order chi connectivity index (χ1) is 6.65. The lowest BCUT2D eigenvalue weighted by molar-refractivity contribution is -0.117. The molecular weight excluding hydrogens is 176 g/mol. The summed E-state index contributed by atoms with van der Waals surface area (Å²) in [6.07, 6.45) is 0. The van der Waals surface area contributed by atoms with Crippen molar-refractivity contribution < 1.29 is 4.79 Å². The van der Waals surface area contributed by atoms with Crippen LogP contribution in [-0.4, -0.2) is 5.91 Å². The minimum absolute atomic E-state index is 0.123. The second kappa shape index (κ2) is 4.58. The summed E-state index contributed by atoms with van der Waals surface area (Å²) in [5.74, 6) is -0.123. The Kier molecular flexibility index (Phi) is 3.42. The summed E-state index contributed by atoms with van der Waals surface area (Å²) in [5, 5.41) is 2.64. The molecule has 0 aliphatic carbocycles. The number of amides is 1. The predicted octanol–water partition coefficient (Wildman–Crippen LogP) is 1.25. The van der Waals surface area contributed by atoms with Crippen LogP contribution < -0.4 is 11.1 Å². The molecular formula is C11H14N2O. The SMILES string of the molecule is C=C(NC(C)=O)c1ccccc1CN. The Hall–Kier alpha value is -1.61. The highest BCUT2D eigenvalue weighted by Gasteiger charge is 2.04. The van der Waals surface area contributed by atoms with Gasteiger partial charge in [0.05, 0.1) is 0 Å². The van der Waals surface area contributed by atoms with Crippen molar-refractivity contribution in [1.82, 2.24) is 5.32 Å². The van der Waals surface area contributed by atoms with Crippen molar-refractivity contribution in [3.05, 3.63) is 42.0 Å². The fraction of sp³-hybridized carbons (Fsp3) is 0.182. The largest absolute Gasteiger partial charge is 0.326 e. The Morgan fingerprint density at radius 2 is 2.14 bits per heavy atom. The lowest BCUT2D eigenvalue weighted by atomic mass is 10.1. The smallest absolute Gasteiger partial charge is 0.221 e. The molecule has 0 fully saturated rings. The minimum atomic E-state index is -0.123. The van der Waals surface area contributed by atoms with E-state index < -0.39 is 0 Å². The molecule has 1 rings (SSSR count). The van der Waals surface area contributed by atoms with E-state index in [0.29, 0.717) is 12.2 Å². The second-order valence-corrected chi connectivity index (χ2v) is 3.02. The van der Waals surface area contributed by atoms with E-state index in [2.05, 4.69) is 11.9 Å². The molecule has 0 heterocycles. The maximum absolute atomic E-state index is 10.8. The van der Waals surface area contributed by atoms with Crippen molar-refractivity contribution in [2.75, 3.05) is 0 Å². The highest BCUT2D eigenvalue weighted by Crippen LogP contribution is 2.14. The molecule has 1 aromatic rings. The van der Waals surface area contributed by atoms with Gasteiger partial charge < -0.3 is 11.1 Å². The molecule has 3 heteroatoms. The summed E-state index contributed by atoms with van der Waals surface area (Å²) in [6, 6.07) is 7.61. The van der Waals surface area contributed by atoms with Crippen molar-refractivity contribution in [2.24, 2.45) is 5.73 Å². The Morgan fingerprint density at radius 3 is 2.71 bits per heavy atom. The van der Waals surface area contributed by atoms with Crippen molar-refractivity contribution in [3.63, 3.8) is 0 Å². The van der Waals surface area contributed by atoms with Gasteiger partial charge in [0.15, 0.2) is 0 Å². The predicted molar refractivity (Wildman–Crippen MR) is 57.2 cm³/mol. The van der Waals surface area contributed by atoms with E-state index in [1.165, 1.54) is 6.92 Å². The fourth-order valence-electron chi connectivity index (χ4n) is 1.27. The van der Waals surface area contributed by atoms with Crippen LogP contribution in [0.3, 0.4) is 0 Å². The van der Waals surface area contributed by atoms with Crippen LogP contribution in [0.25, 0.3) is 5.70 Å². The molecule has 1 aromatic carbocycles. The van der Waals surface area contributed by atoms with Gasteiger partial charge in [-0.1, -0.05) is 30.8 Å². The van der Waals surface area contributed by atoms with Crippen LogP contribution >= 0.6 is 0 Å². The molecule has 3 N–H and O–H groups in total. The zero-order valence-electron chi connectivity index (χ0n) is 8.21. The van der Waals surface area contributed by atoms with Crippen molar-refractivity contribution >= 4 is 11.6 Å². The Bertz CT molecular complexity index is 358. The van der Waals surface area contributed by atoms with E-state index >= 15 is 0 Å². The average Bonchev–Trinajstić information content (AvgIpc) is 2.16. The third-order valence-corrected chi connectivity index (χ3v) is 1.89. The number of carbonyl (C=O) groups excluding carboxylic acids is 1. The Balaban J connectivity index is 2.94. The van der Waals surface area contributed by atoms with Crippen LogP contribution in [0, 0.1) is 0 Å². The van der Waals surface area contributed by atoms with Crippen molar-refractivity contribution in [1.29, 1.82) is 0 Å². The summed E-state index contributed by atoms with van der Waals surface area (Å²) in [5.41, 5.74) is 8.03. The van der Waals surface area contributed by atoms with Gasteiger partial charge in [-0.05, 0) is 5.56 Å². The summed E-state index contributed by atoms with van der Waals surface area (Å²) in [4.78, 5) is 10.8. The number of rotatable bonds is 3. The van der Waals surface area contributed by atoms with E-state index in [9.17, 15) is 4.79 Å². The first-order valence-corrected chi connectivity index (χ1v) is 4.40. The molecule has 0 aliphatic rings. The van der Waals surface area contributed by atoms with Gasteiger partial charge in [0.1, 0.15) is 0 Å². The second-order valence-electron chi connectivity index (χ2n) is 3.02. The maximum atomic E-state index is 10.8. The summed E-state index contributed by atoms with van der Waals surface area (Å²) < 4.78 is 0. The standard InChI is InChI=1S/C11H14N2O/c1-8(13-9(2)14)11-6-4-3-5-10(11)7-12/h3-6H,1,7,12H2,2H3,(H,13,14). The molecule has 0 radical (unpaired) electrons. The normalized spacial score (nSPS) is 9.57. The van der Waals surface area contributed by atoms with Crippen LogP contribution in [0.15, 0.2) is 30.8 Å². The van der Waals surface area contributed by atoms with Crippen LogP contribution in [0.5, 0.6) is 0 Å². The van der Waals surface area contributed by atoms with Crippen LogP contribution in [0.2, 0.25) is 0 Å². The summed E-state index contributed by atoms with van der Waals surface area (Å²) >= 11 is 0. The molecule has 0 aliphatic heterocycles. The fourth-order valence-corrected chi connectivity index (χ4v) is 1.27. The summed E-state index contributed by atoms with van der Waals surface area (Å²) in [7, 11) is 0. The molecule has 0 saturated carbocycles. The number of nitrogens with two attached hydrogens (primary N) is 1. The van der Waals surface area contributed by atoms with Crippen molar-refractivity contribution in [3.8, 4) is 0 Å². The quantitative estimate of drug-likeness (QED) is 0.753. The first-order valence-electron chi connectivity index (χ1n) is 4.40. The molecule has 3 nitrogen and oxygen atoms in total. The van der Waals surface area contributed by atoms with Crippen LogP contribution in [-0.2, 0) is 11.3 Å². The van der Waals surface area contributed by atoms with Crippen LogP contribution in [0.1, 0.15) is 18.1 Å².